The lowest BCUT2D eigenvalue weighted by Crippen LogP contribution is -2.14. The van der Waals surface area contributed by atoms with E-state index >= 15 is 0 Å². The number of benzene rings is 1. The van der Waals surface area contributed by atoms with E-state index in [0.29, 0.717) is 17.5 Å². The van der Waals surface area contributed by atoms with Gasteiger partial charge in [-0.2, -0.15) is 10.2 Å². The molecule has 0 amide bonds. The second-order valence-electron chi connectivity index (χ2n) is 6.50. The van der Waals surface area contributed by atoms with E-state index in [0.717, 1.165) is 17.2 Å². The van der Waals surface area contributed by atoms with Crippen molar-refractivity contribution in [2.24, 2.45) is 0 Å². The number of hydrogen-bond donors (Lipinski definition) is 2. The summed E-state index contributed by atoms with van der Waals surface area (Å²) in [7, 11) is 0. The van der Waals surface area contributed by atoms with E-state index in [1.54, 1.807) is 42.3 Å². The molecule has 156 valence electrons. The number of alkyl halides is 2. The summed E-state index contributed by atoms with van der Waals surface area (Å²) in [6.07, 6.45) is 3.84. The first-order valence-electron chi connectivity index (χ1n) is 8.92. The van der Waals surface area contributed by atoms with Crippen LogP contribution in [0.25, 0.3) is 16.8 Å². The highest BCUT2D eigenvalue weighted by Gasteiger charge is 2.20. The summed E-state index contributed by atoms with van der Waals surface area (Å²) in [5.74, 6) is -1.94. The van der Waals surface area contributed by atoms with Gasteiger partial charge in [0, 0.05) is 35.2 Å². The zero-order valence-electron chi connectivity index (χ0n) is 15.6. The van der Waals surface area contributed by atoms with Gasteiger partial charge in [0.15, 0.2) is 17.2 Å². The monoisotopic (exact) mass is 420 g/mol. The molecule has 30 heavy (non-hydrogen) atoms. The molecule has 1 unspecified atom stereocenters. The van der Waals surface area contributed by atoms with Crippen molar-refractivity contribution in [3.8, 4) is 16.9 Å². The lowest BCUT2D eigenvalue weighted by atomic mass is 10.1. The largest absolute Gasteiger partial charge is 0.484 e. The Morgan fingerprint density at radius 3 is 2.80 bits per heavy atom. The Hall–Kier alpha value is -3.63. The van der Waals surface area contributed by atoms with Crippen molar-refractivity contribution in [3.05, 3.63) is 60.2 Å². The summed E-state index contributed by atoms with van der Waals surface area (Å²) in [6.45, 7) is 0.610. The van der Waals surface area contributed by atoms with Gasteiger partial charge in [0.1, 0.15) is 18.2 Å². The highest BCUT2D eigenvalue weighted by atomic mass is 19.3. The van der Waals surface area contributed by atoms with Gasteiger partial charge in [0.2, 0.25) is 0 Å². The minimum Gasteiger partial charge on any atom is -0.484 e. The molecule has 4 aromatic rings. The maximum absolute atomic E-state index is 14.2. The van der Waals surface area contributed by atoms with Crippen LogP contribution in [0.3, 0.4) is 0 Å². The first-order chi connectivity index (χ1) is 14.4. The third-order valence-corrected chi connectivity index (χ3v) is 4.40. The van der Waals surface area contributed by atoms with Crippen molar-refractivity contribution >= 4 is 11.5 Å². The maximum Gasteiger partial charge on any atom is 0.272 e. The number of nitrogens with zero attached hydrogens (tertiary/aromatic N) is 4. The Bertz CT molecular complexity index is 1160. The van der Waals surface area contributed by atoms with E-state index in [9.17, 15) is 17.6 Å². The SMILES string of the molecule is CC(Nc1ccn2ncc(-c3cn[nH]c3)c2n1)c1cc(F)cc(F)c1OCC(F)F. The Morgan fingerprint density at radius 1 is 1.23 bits per heavy atom. The molecule has 4 rings (SSSR count). The van der Waals surface area contributed by atoms with E-state index in [1.807, 2.05) is 0 Å². The van der Waals surface area contributed by atoms with Crippen molar-refractivity contribution in [1.82, 2.24) is 24.8 Å². The Kier molecular flexibility index (Phi) is 5.25. The van der Waals surface area contributed by atoms with Gasteiger partial charge in [-0.15, -0.1) is 0 Å². The standard InChI is InChI=1S/C19H16F4N6O/c1-10(13-4-12(20)5-15(21)18(13)30-9-16(22)23)27-17-2-3-29-19(28-17)14(8-26-29)11-6-24-25-7-11/h2-8,10,16H,9H2,1H3,(H,24,25)(H,27,28). The number of anilines is 1. The van der Waals surface area contributed by atoms with Crippen molar-refractivity contribution in [3.63, 3.8) is 0 Å². The summed E-state index contributed by atoms with van der Waals surface area (Å²) >= 11 is 0. The minimum absolute atomic E-state index is 0.0541. The van der Waals surface area contributed by atoms with Crippen LogP contribution in [0.15, 0.2) is 43.0 Å². The molecule has 0 saturated heterocycles. The second kappa shape index (κ2) is 8.01. The minimum atomic E-state index is -2.79. The number of ether oxygens (including phenoxy) is 1. The van der Waals surface area contributed by atoms with Crippen LogP contribution in [0.5, 0.6) is 5.75 Å². The molecule has 1 aromatic carbocycles. The topological polar surface area (TPSA) is 80.1 Å². The van der Waals surface area contributed by atoms with E-state index in [-0.39, 0.29) is 5.56 Å². The predicted octanol–water partition coefficient (Wildman–Crippen LogP) is 4.21. The highest BCUT2D eigenvalue weighted by molar-refractivity contribution is 5.76. The fraction of sp³-hybridized carbons (Fsp3) is 0.211. The molecule has 11 heteroatoms. The van der Waals surface area contributed by atoms with Crippen molar-refractivity contribution in [2.75, 3.05) is 11.9 Å². The molecular formula is C19H16F4N6O. The summed E-state index contributed by atoms with van der Waals surface area (Å²) in [5, 5.41) is 13.9. The van der Waals surface area contributed by atoms with E-state index in [2.05, 4.69) is 25.6 Å². The summed E-state index contributed by atoms with van der Waals surface area (Å²) in [4.78, 5) is 4.50. The molecule has 0 fully saturated rings. The van der Waals surface area contributed by atoms with Gasteiger partial charge in [0.05, 0.1) is 18.4 Å². The second-order valence-corrected chi connectivity index (χ2v) is 6.50. The van der Waals surface area contributed by atoms with Gasteiger partial charge in [0.25, 0.3) is 6.43 Å². The van der Waals surface area contributed by atoms with Crippen LogP contribution in [0, 0.1) is 11.6 Å². The molecule has 0 radical (unpaired) electrons. The molecule has 0 saturated carbocycles. The molecule has 0 bridgehead atoms. The van der Waals surface area contributed by atoms with Crippen LogP contribution in [0.2, 0.25) is 0 Å². The van der Waals surface area contributed by atoms with Gasteiger partial charge >= 0.3 is 0 Å². The number of aromatic nitrogens is 5. The fourth-order valence-electron chi connectivity index (χ4n) is 3.05. The zero-order chi connectivity index (χ0) is 21.3. The predicted molar refractivity (Wildman–Crippen MR) is 100 cm³/mol. The molecule has 7 nitrogen and oxygen atoms in total. The third-order valence-electron chi connectivity index (χ3n) is 4.40. The molecule has 0 aliphatic carbocycles. The molecule has 3 heterocycles. The summed E-state index contributed by atoms with van der Waals surface area (Å²) < 4.78 is 59.4. The number of fused-ring (bicyclic) bond motifs is 1. The molecule has 2 N–H and O–H groups in total. The van der Waals surface area contributed by atoms with Gasteiger partial charge in [-0.1, -0.05) is 0 Å². The Labute approximate surface area is 167 Å². The molecular weight excluding hydrogens is 404 g/mol. The number of hydrogen-bond acceptors (Lipinski definition) is 5. The normalized spacial score (nSPS) is 12.5. The average molecular weight is 420 g/mol. The number of rotatable bonds is 7. The first kappa shape index (κ1) is 19.7. The van der Waals surface area contributed by atoms with Crippen LogP contribution >= 0.6 is 0 Å². The molecule has 1 atom stereocenters. The van der Waals surface area contributed by atoms with Crippen LogP contribution in [-0.4, -0.2) is 37.8 Å². The van der Waals surface area contributed by atoms with E-state index < -0.39 is 36.5 Å². The van der Waals surface area contributed by atoms with Crippen molar-refractivity contribution < 1.29 is 22.3 Å². The maximum atomic E-state index is 14.2. The quantitative estimate of drug-likeness (QED) is 0.438. The van der Waals surface area contributed by atoms with E-state index in [1.165, 1.54) is 0 Å². The molecule has 0 aliphatic heterocycles. The van der Waals surface area contributed by atoms with Crippen LogP contribution in [0.1, 0.15) is 18.5 Å². The Balaban J connectivity index is 1.65. The van der Waals surface area contributed by atoms with Gasteiger partial charge in [-0.25, -0.2) is 27.1 Å². The van der Waals surface area contributed by atoms with Crippen molar-refractivity contribution in [1.29, 1.82) is 0 Å². The summed E-state index contributed by atoms with van der Waals surface area (Å²) in [6, 6.07) is 2.56. The number of H-pyrrole nitrogens is 1. The first-order valence-corrected chi connectivity index (χ1v) is 8.92. The molecule has 0 spiro atoms. The van der Waals surface area contributed by atoms with Crippen LogP contribution in [-0.2, 0) is 0 Å². The van der Waals surface area contributed by atoms with Gasteiger partial charge < -0.3 is 10.1 Å². The van der Waals surface area contributed by atoms with Crippen LogP contribution < -0.4 is 10.1 Å². The van der Waals surface area contributed by atoms with Gasteiger partial charge in [-0.05, 0) is 19.1 Å². The summed E-state index contributed by atoms with van der Waals surface area (Å²) in [5.41, 5.74) is 2.11. The molecule has 3 aromatic heterocycles. The molecule has 0 aliphatic rings. The number of halogens is 4. The zero-order valence-corrected chi connectivity index (χ0v) is 15.6. The highest BCUT2D eigenvalue weighted by Crippen LogP contribution is 2.32. The fourth-order valence-corrected chi connectivity index (χ4v) is 3.05. The van der Waals surface area contributed by atoms with Gasteiger partial charge in [-0.3, -0.25) is 5.10 Å². The number of aromatic amines is 1. The van der Waals surface area contributed by atoms with Crippen molar-refractivity contribution in [2.45, 2.75) is 19.4 Å². The van der Waals surface area contributed by atoms with E-state index in [4.69, 9.17) is 4.74 Å². The smallest absolute Gasteiger partial charge is 0.272 e. The Morgan fingerprint density at radius 2 is 2.07 bits per heavy atom. The lowest BCUT2D eigenvalue weighted by molar-refractivity contribution is 0.0792. The lowest BCUT2D eigenvalue weighted by Gasteiger charge is -2.19. The third kappa shape index (κ3) is 3.91. The van der Waals surface area contributed by atoms with Crippen LogP contribution in [0.4, 0.5) is 23.4 Å². The average Bonchev–Trinajstić information content (AvgIpc) is 3.35. The number of nitrogens with one attached hydrogen (secondary N) is 2.